The van der Waals surface area contributed by atoms with Crippen LogP contribution in [-0.4, -0.2) is 64.4 Å². The highest BCUT2D eigenvalue weighted by atomic mass is 19.4. The minimum Gasteiger partial charge on any atom is -0.475 e. The second kappa shape index (κ2) is 9.02. The maximum atomic E-state index is 12.9. The summed E-state index contributed by atoms with van der Waals surface area (Å²) in [5.41, 5.74) is 2.34. The van der Waals surface area contributed by atoms with Crippen molar-refractivity contribution in [2.45, 2.75) is 25.1 Å². The van der Waals surface area contributed by atoms with Gasteiger partial charge in [-0.2, -0.15) is 13.2 Å². The summed E-state index contributed by atoms with van der Waals surface area (Å²) in [6, 6.07) is 5.16. The topological polar surface area (TPSA) is 126 Å². The molecule has 13 heteroatoms. The number of para-hydroxylation sites is 1. The number of imide groups is 1. The van der Waals surface area contributed by atoms with Gasteiger partial charge in [-0.15, -0.1) is 0 Å². The predicted molar refractivity (Wildman–Crippen MR) is 107 cm³/mol. The Morgan fingerprint density at radius 1 is 1.16 bits per heavy atom. The Bertz CT molecular complexity index is 1100. The number of piperazine rings is 1. The van der Waals surface area contributed by atoms with Crippen molar-refractivity contribution in [3.05, 3.63) is 28.7 Å². The molecular weight excluding hydrogens is 435 g/mol. The Balaban J connectivity index is 0.000000360. The zero-order chi connectivity index (χ0) is 23.6. The van der Waals surface area contributed by atoms with E-state index in [1.54, 1.807) is 11.6 Å². The van der Waals surface area contributed by atoms with Gasteiger partial charge < -0.3 is 15.3 Å². The molecule has 3 N–H and O–H groups in total. The summed E-state index contributed by atoms with van der Waals surface area (Å²) in [7, 11) is 1.73. The number of alkyl halides is 3. The number of hydrogen-bond acceptors (Lipinski definition) is 6. The number of anilines is 1. The van der Waals surface area contributed by atoms with Gasteiger partial charge >= 0.3 is 17.8 Å². The molecule has 0 aliphatic carbocycles. The van der Waals surface area contributed by atoms with Crippen LogP contribution in [0.25, 0.3) is 11.0 Å². The Hall–Kier alpha value is -3.35. The number of carboxylic acids is 1. The van der Waals surface area contributed by atoms with Crippen molar-refractivity contribution in [1.29, 1.82) is 0 Å². The lowest BCUT2D eigenvalue weighted by atomic mass is 10.1. The standard InChI is InChI=1S/C17H21N5O3.C2HF3O2/c1-20-15-11(21-9-7-18-8-10-21)3-2-4-12(15)22(17(20)25)13-5-6-14(23)19-16(13)24;3-2(4,5)1(6)7/h2-4,13,18H,5-10H2,1H3,(H,19,23,24);(H,6,7). The Kier molecular flexibility index (Phi) is 6.57. The zero-order valence-electron chi connectivity index (χ0n) is 17.1. The number of carbonyl (C=O) groups excluding carboxylic acids is 2. The fourth-order valence-corrected chi connectivity index (χ4v) is 3.81. The molecule has 2 amide bonds. The summed E-state index contributed by atoms with van der Waals surface area (Å²) in [6.07, 6.45) is -4.49. The van der Waals surface area contributed by atoms with Gasteiger partial charge in [0.1, 0.15) is 6.04 Å². The summed E-state index contributed by atoms with van der Waals surface area (Å²) >= 11 is 0. The van der Waals surface area contributed by atoms with E-state index in [0.29, 0.717) is 6.42 Å². The van der Waals surface area contributed by atoms with Crippen LogP contribution in [0.2, 0.25) is 0 Å². The van der Waals surface area contributed by atoms with Crippen LogP contribution in [0.5, 0.6) is 0 Å². The number of fused-ring (bicyclic) bond motifs is 1. The maximum absolute atomic E-state index is 12.9. The van der Waals surface area contributed by atoms with E-state index in [9.17, 15) is 27.6 Å². The third kappa shape index (κ3) is 4.61. The number of amides is 2. The number of imidazole rings is 1. The molecule has 0 saturated carbocycles. The number of nitrogens with one attached hydrogen (secondary N) is 2. The van der Waals surface area contributed by atoms with Crippen LogP contribution >= 0.6 is 0 Å². The van der Waals surface area contributed by atoms with Gasteiger partial charge in [-0.05, 0) is 18.6 Å². The number of aliphatic carboxylic acids is 1. The first-order valence-electron chi connectivity index (χ1n) is 9.81. The minimum atomic E-state index is -5.08. The second-order valence-corrected chi connectivity index (χ2v) is 7.36. The molecule has 174 valence electrons. The molecule has 0 bridgehead atoms. The van der Waals surface area contributed by atoms with Crippen LogP contribution < -0.4 is 21.2 Å². The fourth-order valence-electron chi connectivity index (χ4n) is 3.81. The van der Waals surface area contributed by atoms with Crippen molar-refractivity contribution < 1.29 is 32.7 Å². The van der Waals surface area contributed by atoms with Gasteiger partial charge in [0.2, 0.25) is 11.8 Å². The molecule has 32 heavy (non-hydrogen) atoms. The highest BCUT2D eigenvalue weighted by Crippen LogP contribution is 2.29. The van der Waals surface area contributed by atoms with Crippen LogP contribution in [0.15, 0.2) is 23.0 Å². The van der Waals surface area contributed by atoms with Gasteiger partial charge in [-0.3, -0.25) is 24.0 Å². The third-order valence-electron chi connectivity index (χ3n) is 5.30. The van der Waals surface area contributed by atoms with Gasteiger partial charge in [-0.1, -0.05) is 6.07 Å². The van der Waals surface area contributed by atoms with E-state index in [0.717, 1.165) is 42.9 Å². The number of rotatable bonds is 2. The monoisotopic (exact) mass is 457 g/mol. The number of aryl methyl sites for hydroxylation is 1. The van der Waals surface area contributed by atoms with Gasteiger partial charge in [0.25, 0.3) is 0 Å². The number of halogens is 3. The lowest BCUT2D eigenvalue weighted by molar-refractivity contribution is -0.192. The number of piperidine rings is 1. The molecule has 2 aliphatic heterocycles. The SMILES string of the molecule is Cn1c(=O)n(C2CCC(=O)NC2=O)c2cccc(N3CCNCC3)c21.O=C(O)C(F)(F)F. The van der Waals surface area contributed by atoms with Crippen LogP contribution in [0, 0.1) is 0 Å². The maximum Gasteiger partial charge on any atom is 0.490 e. The number of hydrogen-bond donors (Lipinski definition) is 3. The first kappa shape index (κ1) is 23.3. The average molecular weight is 457 g/mol. The molecule has 2 saturated heterocycles. The summed E-state index contributed by atoms with van der Waals surface area (Å²) in [5, 5.41) is 12.8. The largest absolute Gasteiger partial charge is 0.490 e. The number of nitrogens with zero attached hydrogens (tertiary/aromatic N) is 3. The summed E-state index contributed by atoms with van der Waals surface area (Å²) in [6.45, 7) is 3.55. The molecule has 0 spiro atoms. The molecule has 1 aromatic carbocycles. The zero-order valence-corrected chi connectivity index (χ0v) is 17.1. The first-order chi connectivity index (χ1) is 15.0. The minimum absolute atomic E-state index is 0.230. The molecule has 2 aromatic rings. The fraction of sp³-hybridized carbons (Fsp3) is 0.474. The molecule has 4 rings (SSSR count). The van der Waals surface area contributed by atoms with E-state index >= 15 is 0 Å². The van der Waals surface area contributed by atoms with Gasteiger partial charge in [0.05, 0.1) is 16.7 Å². The summed E-state index contributed by atoms with van der Waals surface area (Å²) in [4.78, 5) is 47.7. The third-order valence-corrected chi connectivity index (χ3v) is 5.30. The van der Waals surface area contributed by atoms with E-state index in [4.69, 9.17) is 9.90 Å². The Labute approximate surface area is 179 Å². The lowest BCUT2D eigenvalue weighted by Crippen LogP contribution is -2.44. The van der Waals surface area contributed by atoms with Crippen LogP contribution in [-0.2, 0) is 21.4 Å². The molecule has 1 unspecified atom stereocenters. The molecule has 1 aromatic heterocycles. The van der Waals surface area contributed by atoms with Crippen molar-refractivity contribution in [2.24, 2.45) is 7.05 Å². The predicted octanol–water partition coefficient (Wildman–Crippen LogP) is 0.361. The summed E-state index contributed by atoms with van der Waals surface area (Å²) in [5.74, 6) is -3.44. The van der Waals surface area contributed by atoms with E-state index in [2.05, 4.69) is 15.5 Å². The van der Waals surface area contributed by atoms with Gasteiger partial charge in [-0.25, -0.2) is 9.59 Å². The number of carboxylic acid groups (broad SMARTS) is 1. The average Bonchev–Trinajstić information content (AvgIpc) is 2.99. The number of aromatic nitrogens is 2. The van der Waals surface area contributed by atoms with Crippen molar-refractivity contribution in [2.75, 3.05) is 31.1 Å². The molecule has 1 atom stereocenters. The van der Waals surface area contributed by atoms with E-state index in [1.165, 1.54) is 4.57 Å². The highest BCUT2D eigenvalue weighted by Gasteiger charge is 2.38. The molecule has 10 nitrogen and oxygen atoms in total. The van der Waals surface area contributed by atoms with Crippen molar-refractivity contribution in [1.82, 2.24) is 19.8 Å². The second-order valence-electron chi connectivity index (χ2n) is 7.36. The number of carbonyl (C=O) groups is 3. The first-order valence-corrected chi connectivity index (χ1v) is 9.81. The normalized spacial score (nSPS) is 19.4. The van der Waals surface area contributed by atoms with Gasteiger partial charge in [0, 0.05) is 39.6 Å². The smallest absolute Gasteiger partial charge is 0.475 e. The number of benzene rings is 1. The summed E-state index contributed by atoms with van der Waals surface area (Å²) < 4.78 is 34.9. The Morgan fingerprint density at radius 3 is 2.34 bits per heavy atom. The van der Waals surface area contributed by atoms with E-state index in [1.807, 2.05) is 18.2 Å². The van der Waals surface area contributed by atoms with E-state index < -0.39 is 24.1 Å². The quantitative estimate of drug-likeness (QED) is 0.556. The molecule has 2 fully saturated rings. The van der Waals surface area contributed by atoms with Crippen molar-refractivity contribution in [3.63, 3.8) is 0 Å². The van der Waals surface area contributed by atoms with Crippen LogP contribution in [0.3, 0.4) is 0 Å². The Morgan fingerprint density at radius 2 is 1.78 bits per heavy atom. The van der Waals surface area contributed by atoms with E-state index in [-0.39, 0.29) is 18.0 Å². The lowest BCUT2D eigenvalue weighted by Gasteiger charge is -2.30. The highest BCUT2D eigenvalue weighted by molar-refractivity contribution is 6.00. The molecule has 2 aliphatic rings. The molecule has 0 radical (unpaired) electrons. The molecule has 3 heterocycles. The van der Waals surface area contributed by atoms with Crippen LogP contribution in [0.4, 0.5) is 18.9 Å². The van der Waals surface area contributed by atoms with Crippen LogP contribution in [0.1, 0.15) is 18.9 Å². The van der Waals surface area contributed by atoms with Gasteiger partial charge in [0.15, 0.2) is 0 Å². The van der Waals surface area contributed by atoms with Crippen molar-refractivity contribution in [3.8, 4) is 0 Å². The molecular formula is C19H22F3N5O5. The van der Waals surface area contributed by atoms with Crippen molar-refractivity contribution >= 4 is 34.5 Å².